The molecule has 2 heterocycles. The van der Waals surface area contributed by atoms with Crippen LogP contribution in [-0.2, 0) is 0 Å². The van der Waals surface area contributed by atoms with Gasteiger partial charge in [0.25, 0.3) is 0 Å². The maximum absolute atomic E-state index is 2.92. The minimum atomic E-state index is 0.926. The molecule has 2 saturated heterocycles. The highest BCUT2D eigenvalue weighted by Crippen LogP contribution is 2.42. The summed E-state index contributed by atoms with van der Waals surface area (Å²) in [6.07, 6.45) is 11.5. The predicted octanol–water partition coefficient (Wildman–Crippen LogP) is 4.47. The molecule has 2 fully saturated rings. The van der Waals surface area contributed by atoms with Gasteiger partial charge in [-0.25, -0.2) is 0 Å². The molecule has 2 rings (SSSR count). The first-order valence-electron chi connectivity index (χ1n) is 8.07. The Morgan fingerprint density at radius 2 is 1.82 bits per heavy atom. The van der Waals surface area contributed by atoms with Crippen molar-refractivity contribution in [2.24, 2.45) is 11.8 Å². The summed E-state index contributed by atoms with van der Waals surface area (Å²) in [4.78, 5) is 2.92. The van der Waals surface area contributed by atoms with Crippen LogP contribution in [-0.4, -0.2) is 23.5 Å². The van der Waals surface area contributed by atoms with E-state index in [1.807, 2.05) is 0 Å². The number of fused-ring (bicyclic) bond motifs is 1. The Morgan fingerprint density at radius 3 is 2.47 bits per heavy atom. The Bertz CT molecular complexity index is 226. The Hall–Kier alpha value is -0.0400. The zero-order valence-corrected chi connectivity index (χ0v) is 12.1. The molecule has 0 radical (unpaired) electrons. The monoisotopic (exact) mass is 237 g/mol. The first kappa shape index (κ1) is 13.4. The molecule has 0 bridgehead atoms. The van der Waals surface area contributed by atoms with Gasteiger partial charge in [0.15, 0.2) is 0 Å². The Balaban J connectivity index is 2.06. The lowest BCUT2D eigenvalue weighted by atomic mass is 9.75. The minimum Gasteiger partial charge on any atom is -0.297 e. The van der Waals surface area contributed by atoms with E-state index in [1.165, 1.54) is 57.9 Å². The second kappa shape index (κ2) is 6.22. The maximum atomic E-state index is 2.92. The number of hydrogen-bond acceptors (Lipinski definition) is 1. The number of unbranched alkanes of at least 4 members (excludes halogenated alkanes) is 1. The summed E-state index contributed by atoms with van der Waals surface area (Å²) in [6.45, 7) is 8.54. The van der Waals surface area contributed by atoms with Gasteiger partial charge in [-0.1, -0.05) is 46.5 Å². The Morgan fingerprint density at radius 1 is 1.06 bits per heavy atom. The number of rotatable bonds is 5. The molecular formula is C16H31N. The Kier molecular flexibility index (Phi) is 4.90. The lowest BCUT2D eigenvalue weighted by molar-refractivity contribution is 0.0181. The molecule has 4 atom stereocenters. The van der Waals surface area contributed by atoms with Gasteiger partial charge < -0.3 is 0 Å². The van der Waals surface area contributed by atoms with Gasteiger partial charge in [0.05, 0.1) is 0 Å². The summed E-state index contributed by atoms with van der Waals surface area (Å²) in [6, 6.07) is 1.87. The van der Waals surface area contributed by atoms with Gasteiger partial charge in [0.1, 0.15) is 0 Å². The van der Waals surface area contributed by atoms with Crippen molar-refractivity contribution in [2.75, 3.05) is 6.54 Å². The van der Waals surface area contributed by atoms with Crippen LogP contribution in [0.1, 0.15) is 72.1 Å². The van der Waals surface area contributed by atoms with E-state index in [1.54, 1.807) is 0 Å². The van der Waals surface area contributed by atoms with Crippen LogP contribution < -0.4 is 0 Å². The standard InChI is InChI=1S/C16H31N/c1-4-7-9-15-13(5-2)12-14(6-3)16-10-8-11-17(15)16/h13-16H,4-12H2,1-3H3/t13?,14?,15?,16-/m1/s1. The molecule has 0 N–H and O–H groups in total. The van der Waals surface area contributed by atoms with Crippen molar-refractivity contribution >= 4 is 0 Å². The van der Waals surface area contributed by atoms with E-state index >= 15 is 0 Å². The van der Waals surface area contributed by atoms with Gasteiger partial charge in [-0.15, -0.1) is 0 Å². The molecule has 1 nitrogen and oxygen atoms in total. The van der Waals surface area contributed by atoms with Crippen molar-refractivity contribution in [3.8, 4) is 0 Å². The summed E-state index contributed by atoms with van der Waals surface area (Å²) in [5.41, 5.74) is 0. The first-order valence-corrected chi connectivity index (χ1v) is 8.07. The quantitative estimate of drug-likeness (QED) is 0.682. The predicted molar refractivity (Wildman–Crippen MR) is 75.2 cm³/mol. The summed E-state index contributed by atoms with van der Waals surface area (Å²) in [5.74, 6) is 1.99. The normalized spacial score (nSPS) is 38.3. The largest absolute Gasteiger partial charge is 0.297 e. The van der Waals surface area contributed by atoms with Crippen molar-refractivity contribution in [3.63, 3.8) is 0 Å². The SMILES string of the molecule is CCCCC1C(CC)CC(CC)[C@H]2CCCN12. The van der Waals surface area contributed by atoms with Gasteiger partial charge in [-0.3, -0.25) is 4.90 Å². The van der Waals surface area contributed by atoms with Crippen LogP contribution in [0, 0.1) is 11.8 Å². The van der Waals surface area contributed by atoms with Gasteiger partial charge in [-0.2, -0.15) is 0 Å². The van der Waals surface area contributed by atoms with Gasteiger partial charge in [-0.05, 0) is 44.1 Å². The van der Waals surface area contributed by atoms with Crippen molar-refractivity contribution in [2.45, 2.75) is 84.2 Å². The average Bonchev–Trinajstić information content (AvgIpc) is 2.84. The highest BCUT2D eigenvalue weighted by molar-refractivity contribution is 4.96. The van der Waals surface area contributed by atoms with Gasteiger partial charge >= 0.3 is 0 Å². The molecule has 0 saturated carbocycles. The summed E-state index contributed by atoms with van der Waals surface area (Å²) in [7, 11) is 0. The fraction of sp³-hybridized carbons (Fsp3) is 1.00. The third kappa shape index (κ3) is 2.70. The summed E-state index contributed by atoms with van der Waals surface area (Å²) >= 11 is 0. The van der Waals surface area contributed by atoms with E-state index < -0.39 is 0 Å². The lowest BCUT2D eigenvalue weighted by Crippen LogP contribution is -2.51. The van der Waals surface area contributed by atoms with Crippen molar-refractivity contribution in [1.29, 1.82) is 0 Å². The molecule has 2 aliphatic rings. The first-order chi connectivity index (χ1) is 8.31. The molecule has 3 unspecified atom stereocenters. The molecular weight excluding hydrogens is 206 g/mol. The highest BCUT2D eigenvalue weighted by atomic mass is 15.2. The van der Waals surface area contributed by atoms with E-state index in [0.717, 1.165) is 23.9 Å². The molecule has 17 heavy (non-hydrogen) atoms. The highest BCUT2D eigenvalue weighted by Gasteiger charge is 2.42. The number of piperidine rings is 1. The fourth-order valence-electron chi connectivity index (χ4n) is 4.40. The third-order valence-corrected chi connectivity index (χ3v) is 5.36. The molecule has 0 spiro atoms. The molecule has 0 aromatic carbocycles. The third-order valence-electron chi connectivity index (χ3n) is 5.36. The van der Waals surface area contributed by atoms with Crippen LogP contribution in [0.2, 0.25) is 0 Å². The van der Waals surface area contributed by atoms with E-state index in [4.69, 9.17) is 0 Å². The molecule has 0 aromatic rings. The van der Waals surface area contributed by atoms with Gasteiger partial charge in [0.2, 0.25) is 0 Å². The summed E-state index contributed by atoms with van der Waals surface area (Å²) < 4.78 is 0. The van der Waals surface area contributed by atoms with Crippen LogP contribution in [0.5, 0.6) is 0 Å². The van der Waals surface area contributed by atoms with E-state index in [0.29, 0.717) is 0 Å². The topological polar surface area (TPSA) is 3.24 Å². The molecule has 0 amide bonds. The van der Waals surface area contributed by atoms with E-state index in [9.17, 15) is 0 Å². The van der Waals surface area contributed by atoms with Crippen molar-refractivity contribution in [1.82, 2.24) is 4.90 Å². The minimum absolute atomic E-state index is 0.926. The van der Waals surface area contributed by atoms with Crippen molar-refractivity contribution in [3.05, 3.63) is 0 Å². The van der Waals surface area contributed by atoms with Crippen molar-refractivity contribution < 1.29 is 0 Å². The van der Waals surface area contributed by atoms with Crippen LogP contribution >= 0.6 is 0 Å². The van der Waals surface area contributed by atoms with E-state index in [2.05, 4.69) is 25.7 Å². The van der Waals surface area contributed by atoms with Crippen LogP contribution in [0.3, 0.4) is 0 Å². The maximum Gasteiger partial charge on any atom is 0.0127 e. The average molecular weight is 237 g/mol. The zero-order chi connectivity index (χ0) is 12.3. The van der Waals surface area contributed by atoms with Crippen LogP contribution in [0.15, 0.2) is 0 Å². The molecule has 2 aliphatic heterocycles. The fourth-order valence-corrected chi connectivity index (χ4v) is 4.40. The second-order valence-corrected chi connectivity index (χ2v) is 6.23. The smallest absolute Gasteiger partial charge is 0.0127 e. The summed E-state index contributed by atoms with van der Waals surface area (Å²) in [5, 5.41) is 0. The Labute approximate surface area is 108 Å². The van der Waals surface area contributed by atoms with E-state index in [-0.39, 0.29) is 0 Å². The zero-order valence-electron chi connectivity index (χ0n) is 12.1. The number of hydrogen-bond donors (Lipinski definition) is 0. The van der Waals surface area contributed by atoms with Crippen LogP contribution in [0.4, 0.5) is 0 Å². The molecule has 0 aromatic heterocycles. The van der Waals surface area contributed by atoms with Gasteiger partial charge in [0, 0.05) is 12.1 Å². The second-order valence-electron chi connectivity index (χ2n) is 6.23. The molecule has 0 aliphatic carbocycles. The van der Waals surface area contributed by atoms with Crippen LogP contribution in [0.25, 0.3) is 0 Å². The number of nitrogens with zero attached hydrogens (tertiary/aromatic N) is 1. The lowest BCUT2D eigenvalue weighted by Gasteiger charge is -2.47. The molecule has 100 valence electrons. The molecule has 1 heteroatoms.